The first-order chi connectivity index (χ1) is 12.4. The molecule has 0 radical (unpaired) electrons. The minimum atomic E-state index is -3.85. The number of sulfone groups is 1. The van der Waals surface area contributed by atoms with Gasteiger partial charge in [0.1, 0.15) is 5.75 Å². The van der Waals surface area contributed by atoms with E-state index in [0.717, 1.165) is 5.56 Å². The van der Waals surface area contributed by atoms with E-state index in [1.54, 1.807) is 32.2 Å². The van der Waals surface area contributed by atoms with Crippen LogP contribution in [0, 0.1) is 6.92 Å². The van der Waals surface area contributed by atoms with Gasteiger partial charge in [-0.15, -0.1) is 0 Å². The largest absolute Gasteiger partial charge is 0.496 e. The molecule has 27 heavy (non-hydrogen) atoms. The van der Waals surface area contributed by atoms with Crippen molar-refractivity contribution in [2.24, 2.45) is 0 Å². The lowest BCUT2D eigenvalue weighted by Crippen LogP contribution is -2.15. The first kappa shape index (κ1) is 21.3. The van der Waals surface area contributed by atoms with Crippen molar-refractivity contribution in [3.05, 3.63) is 46.5 Å². The summed E-state index contributed by atoms with van der Waals surface area (Å²) >= 11 is 6.29. The smallest absolute Gasteiger partial charge is 0.221 e. The van der Waals surface area contributed by atoms with Gasteiger partial charge in [-0.1, -0.05) is 32.4 Å². The van der Waals surface area contributed by atoms with E-state index < -0.39 is 9.84 Å². The summed E-state index contributed by atoms with van der Waals surface area (Å²) in [6, 6.07) is 7.83. The Morgan fingerprint density at radius 1 is 1.15 bits per heavy atom. The van der Waals surface area contributed by atoms with Gasteiger partial charge in [0.15, 0.2) is 0 Å². The SMILES string of the molecule is COc1ccc(S(=O)(=O)c2c(C)cc(NC(C)=O)cc2Cl)cc1C(C)(C)C. The first-order valence-corrected chi connectivity index (χ1v) is 10.3. The highest BCUT2D eigenvalue weighted by atomic mass is 35.5. The maximum absolute atomic E-state index is 13.3. The lowest BCUT2D eigenvalue weighted by Gasteiger charge is -2.23. The Bertz CT molecular complexity index is 969. The number of carbonyl (C=O) groups excluding carboxylic acids is 1. The van der Waals surface area contributed by atoms with Gasteiger partial charge in [0, 0.05) is 18.2 Å². The third-order valence-electron chi connectivity index (χ3n) is 4.11. The molecule has 1 amide bonds. The van der Waals surface area contributed by atoms with E-state index in [2.05, 4.69) is 5.32 Å². The number of nitrogens with one attached hydrogen (secondary N) is 1. The molecule has 2 aromatic rings. The van der Waals surface area contributed by atoms with E-state index in [0.29, 0.717) is 17.0 Å². The fourth-order valence-corrected chi connectivity index (χ4v) is 5.03. The Balaban J connectivity index is 2.65. The Kier molecular flexibility index (Phi) is 5.92. The Morgan fingerprint density at radius 2 is 1.78 bits per heavy atom. The molecule has 0 saturated heterocycles. The molecule has 146 valence electrons. The van der Waals surface area contributed by atoms with E-state index >= 15 is 0 Å². The summed E-state index contributed by atoms with van der Waals surface area (Å²) in [5.41, 5.74) is 1.40. The number of halogens is 1. The van der Waals surface area contributed by atoms with Crippen LogP contribution in [0.3, 0.4) is 0 Å². The number of aryl methyl sites for hydroxylation is 1. The molecule has 0 aromatic heterocycles. The summed E-state index contributed by atoms with van der Waals surface area (Å²) in [6.07, 6.45) is 0. The molecular weight excluding hydrogens is 386 g/mol. The minimum Gasteiger partial charge on any atom is -0.496 e. The summed E-state index contributed by atoms with van der Waals surface area (Å²) < 4.78 is 31.9. The second kappa shape index (κ2) is 7.52. The van der Waals surface area contributed by atoms with Crippen LogP contribution in [-0.4, -0.2) is 21.4 Å². The van der Waals surface area contributed by atoms with E-state index in [-0.39, 0.29) is 26.1 Å². The minimum absolute atomic E-state index is 0.0308. The van der Waals surface area contributed by atoms with Crippen LogP contribution in [0.2, 0.25) is 5.02 Å². The van der Waals surface area contributed by atoms with Crippen LogP contribution in [-0.2, 0) is 20.0 Å². The van der Waals surface area contributed by atoms with Gasteiger partial charge in [0.05, 0.1) is 21.9 Å². The van der Waals surface area contributed by atoms with E-state index in [1.165, 1.54) is 19.1 Å². The van der Waals surface area contributed by atoms with Gasteiger partial charge in [-0.25, -0.2) is 8.42 Å². The number of rotatable bonds is 4. The van der Waals surface area contributed by atoms with Gasteiger partial charge in [-0.05, 0) is 48.2 Å². The predicted octanol–water partition coefficient (Wildman–Crippen LogP) is 4.75. The van der Waals surface area contributed by atoms with Crippen molar-refractivity contribution in [1.29, 1.82) is 0 Å². The van der Waals surface area contributed by atoms with Crippen LogP contribution < -0.4 is 10.1 Å². The molecule has 0 aliphatic heterocycles. The Labute approximate surface area is 165 Å². The average molecular weight is 410 g/mol. The van der Waals surface area contributed by atoms with Gasteiger partial charge >= 0.3 is 0 Å². The summed E-state index contributed by atoms with van der Waals surface area (Å²) in [4.78, 5) is 11.4. The molecule has 0 fully saturated rings. The summed E-state index contributed by atoms with van der Waals surface area (Å²) in [7, 11) is -2.30. The molecule has 0 heterocycles. The number of methoxy groups -OCH3 is 1. The summed E-state index contributed by atoms with van der Waals surface area (Å²) in [6.45, 7) is 8.99. The molecule has 7 heteroatoms. The molecule has 2 aromatic carbocycles. The van der Waals surface area contributed by atoms with Gasteiger partial charge in [-0.2, -0.15) is 0 Å². The monoisotopic (exact) mass is 409 g/mol. The normalized spacial score (nSPS) is 12.0. The van der Waals surface area contributed by atoms with Crippen molar-refractivity contribution in [2.75, 3.05) is 12.4 Å². The molecule has 0 saturated carbocycles. The molecule has 5 nitrogen and oxygen atoms in total. The van der Waals surface area contributed by atoms with Crippen LogP contribution in [0.25, 0.3) is 0 Å². The van der Waals surface area contributed by atoms with Gasteiger partial charge < -0.3 is 10.1 Å². The van der Waals surface area contributed by atoms with E-state index in [4.69, 9.17) is 16.3 Å². The number of ether oxygens (including phenoxy) is 1. The van der Waals surface area contributed by atoms with Crippen molar-refractivity contribution < 1.29 is 17.9 Å². The molecular formula is C20H24ClNO4S. The maximum Gasteiger partial charge on any atom is 0.221 e. The highest BCUT2D eigenvalue weighted by molar-refractivity contribution is 7.91. The van der Waals surface area contributed by atoms with Crippen molar-refractivity contribution in [3.8, 4) is 5.75 Å². The van der Waals surface area contributed by atoms with Crippen LogP contribution in [0.1, 0.15) is 38.8 Å². The van der Waals surface area contributed by atoms with Gasteiger partial charge in [0.25, 0.3) is 0 Å². The molecule has 0 bridgehead atoms. The second-order valence-corrected chi connectivity index (χ2v) is 9.69. The highest BCUT2D eigenvalue weighted by Gasteiger charge is 2.27. The number of hydrogen-bond donors (Lipinski definition) is 1. The van der Waals surface area contributed by atoms with Crippen molar-refractivity contribution >= 4 is 33.0 Å². The molecule has 0 aliphatic rings. The summed E-state index contributed by atoms with van der Waals surface area (Å²) in [5, 5.41) is 2.68. The maximum atomic E-state index is 13.3. The zero-order chi connectivity index (χ0) is 20.6. The van der Waals surface area contributed by atoms with Crippen LogP contribution in [0.4, 0.5) is 5.69 Å². The molecule has 0 atom stereocenters. The van der Waals surface area contributed by atoms with Gasteiger partial charge in [-0.3, -0.25) is 4.79 Å². The zero-order valence-corrected chi connectivity index (χ0v) is 17.9. The number of anilines is 1. The number of carbonyl (C=O) groups is 1. The fourth-order valence-electron chi connectivity index (χ4n) is 2.90. The molecule has 1 N–H and O–H groups in total. The lowest BCUT2D eigenvalue weighted by atomic mass is 9.86. The van der Waals surface area contributed by atoms with Crippen molar-refractivity contribution in [3.63, 3.8) is 0 Å². The van der Waals surface area contributed by atoms with E-state index in [1.807, 2.05) is 20.8 Å². The third kappa shape index (κ3) is 4.45. The van der Waals surface area contributed by atoms with Crippen LogP contribution >= 0.6 is 11.6 Å². The zero-order valence-electron chi connectivity index (χ0n) is 16.3. The highest BCUT2D eigenvalue weighted by Crippen LogP contribution is 2.37. The number of amides is 1. The molecule has 0 aliphatic carbocycles. The fraction of sp³-hybridized carbons (Fsp3) is 0.350. The van der Waals surface area contributed by atoms with Crippen LogP contribution in [0.5, 0.6) is 5.75 Å². The lowest BCUT2D eigenvalue weighted by molar-refractivity contribution is -0.114. The average Bonchev–Trinajstić information content (AvgIpc) is 2.51. The Morgan fingerprint density at radius 3 is 2.26 bits per heavy atom. The second-order valence-electron chi connectivity index (χ2n) is 7.40. The standard InChI is InChI=1S/C20H24ClNO4S/c1-12-9-14(22-13(2)23)10-17(21)19(12)27(24,25)15-7-8-18(26-6)16(11-15)20(3,4)5/h7-11H,1-6H3,(H,22,23). The third-order valence-corrected chi connectivity index (χ3v) is 6.47. The summed E-state index contributed by atoms with van der Waals surface area (Å²) in [5.74, 6) is 0.372. The number of benzene rings is 2. The van der Waals surface area contributed by atoms with Crippen molar-refractivity contribution in [1.82, 2.24) is 0 Å². The first-order valence-electron chi connectivity index (χ1n) is 8.39. The quantitative estimate of drug-likeness (QED) is 0.791. The van der Waals surface area contributed by atoms with Crippen molar-refractivity contribution in [2.45, 2.75) is 49.8 Å². The van der Waals surface area contributed by atoms with Crippen LogP contribution in [0.15, 0.2) is 40.1 Å². The molecule has 2 rings (SSSR count). The number of hydrogen-bond acceptors (Lipinski definition) is 4. The molecule has 0 spiro atoms. The Hall–Kier alpha value is -2.05. The molecule has 0 unspecified atom stereocenters. The van der Waals surface area contributed by atoms with Gasteiger partial charge in [0.2, 0.25) is 15.7 Å². The topological polar surface area (TPSA) is 72.5 Å². The predicted molar refractivity (Wildman–Crippen MR) is 108 cm³/mol. The van der Waals surface area contributed by atoms with E-state index in [9.17, 15) is 13.2 Å².